The third-order valence-corrected chi connectivity index (χ3v) is 7.35. The van der Waals surface area contributed by atoms with Crippen LogP contribution in [0.2, 0.25) is 0 Å². The normalized spacial score (nSPS) is 14.5. The number of thiophene rings is 1. The van der Waals surface area contributed by atoms with Crippen molar-refractivity contribution >= 4 is 44.9 Å². The van der Waals surface area contributed by atoms with Crippen molar-refractivity contribution in [2.75, 3.05) is 24.6 Å². The number of amides is 2. The SMILES string of the molecule is CC(C)c1ccc(-c2c(C#N)c(N)nc3sc(C(=O)N4CCC(C(N)=O)CC4)c(N)c23)cc1. The largest absolute Gasteiger partial charge is 0.397 e. The van der Waals surface area contributed by atoms with Crippen LogP contribution in [-0.2, 0) is 4.79 Å². The Morgan fingerprint density at radius 3 is 2.36 bits per heavy atom. The molecule has 2 aromatic heterocycles. The molecule has 0 bridgehead atoms. The quantitative estimate of drug-likeness (QED) is 0.540. The summed E-state index contributed by atoms with van der Waals surface area (Å²) in [6, 6.07) is 10.1. The summed E-state index contributed by atoms with van der Waals surface area (Å²) in [4.78, 5) is 31.7. The van der Waals surface area contributed by atoms with Crippen LogP contribution >= 0.6 is 11.3 Å². The molecule has 2 amide bonds. The van der Waals surface area contributed by atoms with Crippen LogP contribution in [0, 0.1) is 17.2 Å². The van der Waals surface area contributed by atoms with Gasteiger partial charge in [-0.05, 0) is 29.9 Å². The van der Waals surface area contributed by atoms with Crippen LogP contribution in [0.25, 0.3) is 21.3 Å². The number of piperidine rings is 1. The number of nitrogens with two attached hydrogens (primary N) is 3. The van der Waals surface area contributed by atoms with Gasteiger partial charge in [0, 0.05) is 30.0 Å². The van der Waals surface area contributed by atoms with E-state index < -0.39 is 0 Å². The van der Waals surface area contributed by atoms with Crippen LogP contribution in [0.4, 0.5) is 11.5 Å². The second kappa shape index (κ2) is 8.71. The third kappa shape index (κ3) is 3.98. The zero-order chi connectivity index (χ0) is 23.9. The van der Waals surface area contributed by atoms with Crippen molar-refractivity contribution in [1.29, 1.82) is 5.26 Å². The minimum Gasteiger partial charge on any atom is -0.397 e. The monoisotopic (exact) mass is 462 g/mol. The van der Waals surface area contributed by atoms with E-state index in [1.807, 2.05) is 24.3 Å². The number of anilines is 2. The summed E-state index contributed by atoms with van der Waals surface area (Å²) in [5.41, 5.74) is 21.1. The molecule has 9 heteroatoms. The molecule has 3 heterocycles. The molecule has 0 radical (unpaired) electrons. The van der Waals surface area contributed by atoms with E-state index in [4.69, 9.17) is 17.2 Å². The van der Waals surface area contributed by atoms with E-state index in [0.717, 1.165) is 5.56 Å². The van der Waals surface area contributed by atoms with Crippen LogP contribution < -0.4 is 17.2 Å². The lowest BCUT2D eigenvalue weighted by molar-refractivity contribution is -0.123. The molecule has 4 rings (SSSR count). The van der Waals surface area contributed by atoms with Gasteiger partial charge in [0.2, 0.25) is 5.91 Å². The molecule has 1 saturated heterocycles. The highest BCUT2D eigenvalue weighted by Crippen LogP contribution is 2.43. The smallest absolute Gasteiger partial charge is 0.266 e. The molecule has 1 fully saturated rings. The van der Waals surface area contributed by atoms with E-state index in [1.165, 1.54) is 16.9 Å². The van der Waals surface area contributed by atoms with Crippen molar-refractivity contribution in [3.05, 3.63) is 40.3 Å². The lowest BCUT2D eigenvalue weighted by Gasteiger charge is -2.30. The van der Waals surface area contributed by atoms with Crippen molar-refractivity contribution in [3.8, 4) is 17.2 Å². The average molecular weight is 463 g/mol. The Bertz CT molecular complexity index is 1280. The van der Waals surface area contributed by atoms with Crippen LogP contribution in [0.1, 0.15) is 53.4 Å². The molecular weight excluding hydrogens is 436 g/mol. The molecule has 0 spiro atoms. The van der Waals surface area contributed by atoms with Gasteiger partial charge in [-0.1, -0.05) is 38.1 Å². The first-order chi connectivity index (χ1) is 15.7. The van der Waals surface area contributed by atoms with Gasteiger partial charge in [-0.2, -0.15) is 5.26 Å². The number of carbonyl (C=O) groups excluding carboxylic acids is 2. The number of rotatable bonds is 4. The Labute approximate surface area is 196 Å². The van der Waals surface area contributed by atoms with Crippen molar-refractivity contribution in [1.82, 2.24) is 9.88 Å². The van der Waals surface area contributed by atoms with E-state index in [1.54, 1.807) is 4.90 Å². The van der Waals surface area contributed by atoms with Gasteiger partial charge in [0.15, 0.2) is 0 Å². The third-order valence-electron chi connectivity index (χ3n) is 6.26. The minimum atomic E-state index is -0.333. The van der Waals surface area contributed by atoms with Gasteiger partial charge in [-0.15, -0.1) is 11.3 Å². The molecule has 1 aliphatic rings. The number of benzene rings is 1. The molecule has 8 nitrogen and oxygen atoms in total. The first kappa shape index (κ1) is 22.6. The van der Waals surface area contributed by atoms with Gasteiger partial charge in [0.1, 0.15) is 27.2 Å². The second-order valence-corrected chi connectivity index (χ2v) is 9.63. The summed E-state index contributed by atoms with van der Waals surface area (Å²) in [5.74, 6) is -0.285. The number of likely N-dealkylation sites (tertiary alicyclic amines) is 1. The van der Waals surface area contributed by atoms with Gasteiger partial charge in [-0.25, -0.2) is 4.98 Å². The molecular formula is C24H26N6O2S. The minimum absolute atomic E-state index is 0.107. The standard InChI is InChI=1S/C24H26N6O2S/c1-12(2)13-3-5-14(6-4-13)17-16(11-25)21(27)29-23-18(17)19(26)20(33-23)24(32)30-9-7-15(8-10-30)22(28)31/h3-6,12,15H,7-10,26H2,1-2H3,(H2,27,29)(H2,28,31). The molecule has 0 atom stereocenters. The lowest BCUT2D eigenvalue weighted by atomic mass is 9.94. The highest BCUT2D eigenvalue weighted by molar-refractivity contribution is 7.21. The molecule has 0 unspecified atom stereocenters. The number of nitrogen functional groups attached to an aromatic ring is 2. The maximum atomic E-state index is 13.3. The fourth-order valence-electron chi connectivity index (χ4n) is 4.28. The zero-order valence-corrected chi connectivity index (χ0v) is 19.4. The number of nitriles is 1. The number of hydrogen-bond acceptors (Lipinski definition) is 7. The topological polar surface area (TPSA) is 152 Å². The summed E-state index contributed by atoms with van der Waals surface area (Å²) >= 11 is 1.17. The number of pyridine rings is 1. The van der Waals surface area contributed by atoms with Gasteiger partial charge in [0.05, 0.1) is 5.69 Å². The van der Waals surface area contributed by atoms with Crippen molar-refractivity contribution in [2.24, 2.45) is 11.7 Å². The molecule has 1 aliphatic heterocycles. The Balaban J connectivity index is 1.80. The fourth-order valence-corrected chi connectivity index (χ4v) is 5.36. The highest BCUT2D eigenvalue weighted by Gasteiger charge is 2.30. The number of aromatic nitrogens is 1. The van der Waals surface area contributed by atoms with Crippen LogP contribution in [0.3, 0.4) is 0 Å². The summed E-state index contributed by atoms with van der Waals surface area (Å²) < 4.78 is 0. The average Bonchev–Trinajstić information content (AvgIpc) is 3.13. The Hall–Kier alpha value is -3.64. The number of primary amides is 1. The van der Waals surface area contributed by atoms with Crippen LogP contribution in [0.15, 0.2) is 24.3 Å². The number of hydrogen-bond donors (Lipinski definition) is 3. The molecule has 0 saturated carbocycles. The van der Waals surface area contributed by atoms with E-state index in [0.29, 0.717) is 58.2 Å². The van der Waals surface area contributed by atoms with Gasteiger partial charge in [0.25, 0.3) is 5.91 Å². The Morgan fingerprint density at radius 2 is 1.82 bits per heavy atom. The Morgan fingerprint density at radius 1 is 1.18 bits per heavy atom. The first-order valence-corrected chi connectivity index (χ1v) is 11.6. The summed E-state index contributed by atoms with van der Waals surface area (Å²) in [7, 11) is 0. The number of nitrogens with zero attached hydrogens (tertiary/aromatic N) is 3. The molecule has 1 aromatic carbocycles. The molecule has 6 N–H and O–H groups in total. The van der Waals surface area contributed by atoms with Crippen LogP contribution in [-0.4, -0.2) is 34.8 Å². The lowest BCUT2D eigenvalue weighted by Crippen LogP contribution is -2.41. The molecule has 170 valence electrons. The maximum absolute atomic E-state index is 13.3. The van der Waals surface area contributed by atoms with Crippen LogP contribution in [0.5, 0.6) is 0 Å². The number of carbonyl (C=O) groups is 2. The van der Waals surface area contributed by atoms with E-state index in [-0.39, 0.29) is 29.1 Å². The van der Waals surface area contributed by atoms with Crippen molar-refractivity contribution in [3.63, 3.8) is 0 Å². The first-order valence-electron chi connectivity index (χ1n) is 10.8. The Kier molecular flexibility index (Phi) is 5.95. The van der Waals surface area contributed by atoms with E-state index >= 15 is 0 Å². The summed E-state index contributed by atoms with van der Waals surface area (Å²) in [5, 5.41) is 10.4. The number of fused-ring (bicyclic) bond motifs is 1. The van der Waals surface area contributed by atoms with Gasteiger partial charge in [-0.3, -0.25) is 9.59 Å². The summed E-state index contributed by atoms with van der Waals surface area (Å²) in [6.45, 7) is 5.09. The van der Waals surface area contributed by atoms with Crippen molar-refractivity contribution in [2.45, 2.75) is 32.6 Å². The predicted octanol–water partition coefficient (Wildman–Crippen LogP) is 3.46. The highest BCUT2D eigenvalue weighted by atomic mass is 32.1. The van der Waals surface area contributed by atoms with Gasteiger partial charge >= 0.3 is 0 Å². The van der Waals surface area contributed by atoms with E-state index in [9.17, 15) is 14.9 Å². The zero-order valence-electron chi connectivity index (χ0n) is 18.6. The molecule has 33 heavy (non-hydrogen) atoms. The second-order valence-electron chi connectivity index (χ2n) is 8.63. The summed E-state index contributed by atoms with van der Waals surface area (Å²) in [6.07, 6.45) is 1.06. The van der Waals surface area contributed by atoms with Gasteiger partial charge < -0.3 is 22.1 Å². The maximum Gasteiger partial charge on any atom is 0.266 e. The van der Waals surface area contributed by atoms with Crippen molar-refractivity contribution < 1.29 is 9.59 Å². The molecule has 3 aromatic rings. The molecule has 0 aliphatic carbocycles. The predicted molar refractivity (Wildman–Crippen MR) is 131 cm³/mol. The van der Waals surface area contributed by atoms with E-state index in [2.05, 4.69) is 24.9 Å². The fraction of sp³-hybridized carbons (Fsp3) is 0.333.